The summed E-state index contributed by atoms with van der Waals surface area (Å²) in [5.74, 6) is 0.590. The van der Waals surface area contributed by atoms with Gasteiger partial charge in [-0.1, -0.05) is 6.07 Å². The summed E-state index contributed by atoms with van der Waals surface area (Å²) in [5, 5.41) is 2.86. The predicted octanol–water partition coefficient (Wildman–Crippen LogP) is 1.38. The number of hydrogen-bond donors (Lipinski definition) is 3. The second-order valence-electron chi connectivity index (χ2n) is 6.97. The Bertz CT molecular complexity index is 1250. The average molecular weight is 405 g/mol. The fraction of sp³-hybridized carbons (Fsp3) is 0.286. The Morgan fingerprint density at radius 3 is 2.87 bits per heavy atom. The number of pyridine rings is 3. The van der Waals surface area contributed by atoms with E-state index in [-0.39, 0.29) is 17.2 Å². The number of rotatable bonds is 8. The minimum Gasteiger partial charge on any atom is -0.349 e. The molecule has 0 unspecified atom stereocenters. The number of nitrogens with zero attached hydrogens (tertiary/aromatic N) is 4. The summed E-state index contributed by atoms with van der Waals surface area (Å²) >= 11 is 0. The normalized spacial score (nSPS) is 11.2. The van der Waals surface area contributed by atoms with Crippen LogP contribution in [0.1, 0.15) is 29.2 Å². The molecule has 9 nitrogen and oxygen atoms in total. The van der Waals surface area contributed by atoms with Crippen LogP contribution in [0.25, 0.3) is 22.1 Å². The van der Waals surface area contributed by atoms with Gasteiger partial charge in [-0.05, 0) is 37.6 Å². The van der Waals surface area contributed by atoms with Gasteiger partial charge >= 0.3 is 0 Å². The van der Waals surface area contributed by atoms with Gasteiger partial charge in [0.15, 0.2) is 0 Å². The number of hydrogen-bond acceptors (Lipinski definition) is 6. The van der Waals surface area contributed by atoms with Gasteiger partial charge in [0.1, 0.15) is 22.6 Å². The van der Waals surface area contributed by atoms with Crippen molar-refractivity contribution in [3.8, 4) is 0 Å². The fourth-order valence-corrected chi connectivity index (χ4v) is 3.49. The number of imidazole rings is 1. The van der Waals surface area contributed by atoms with Crippen LogP contribution in [0.15, 0.2) is 47.5 Å². The Kier molecular flexibility index (Phi) is 5.80. The molecule has 0 spiro atoms. The number of fused-ring (bicyclic) bond motifs is 3. The molecule has 0 radical (unpaired) electrons. The van der Waals surface area contributed by atoms with Crippen LogP contribution >= 0.6 is 0 Å². The summed E-state index contributed by atoms with van der Waals surface area (Å²) < 4.78 is 2.09. The number of nitrogens with one attached hydrogen (secondary N) is 2. The summed E-state index contributed by atoms with van der Waals surface area (Å²) in [4.78, 5) is 40.0. The van der Waals surface area contributed by atoms with Crippen molar-refractivity contribution in [3.05, 3.63) is 64.6 Å². The summed E-state index contributed by atoms with van der Waals surface area (Å²) in [7, 11) is 0. The smallest absolute Gasteiger partial charge is 0.267 e. The number of aromatic amines is 1. The molecule has 0 saturated carbocycles. The van der Waals surface area contributed by atoms with E-state index in [4.69, 9.17) is 10.7 Å². The molecule has 154 valence electrons. The van der Waals surface area contributed by atoms with E-state index >= 15 is 0 Å². The zero-order valence-corrected chi connectivity index (χ0v) is 16.5. The van der Waals surface area contributed by atoms with E-state index in [1.807, 2.05) is 12.1 Å². The molecule has 0 fully saturated rings. The highest BCUT2D eigenvalue weighted by Gasteiger charge is 2.15. The van der Waals surface area contributed by atoms with E-state index in [9.17, 15) is 9.59 Å². The van der Waals surface area contributed by atoms with E-state index in [0.717, 1.165) is 47.2 Å². The lowest BCUT2D eigenvalue weighted by atomic mass is 10.2. The van der Waals surface area contributed by atoms with Crippen molar-refractivity contribution in [1.82, 2.24) is 29.8 Å². The van der Waals surface area contributed by atoms with Gasteiger partial charge < -0.3 is 20.6 Å². The Labute approximate surface area is 172 Å². The number of aryl methyl sites for hydroxylation is 1. The highest BCUT2D eigenvalue weighted by atomic mass is 16.2. The van der Waals surface area contributed by atoms with Crippen LogP contribution in [-0.2, 0) is 13.0 Å². The first kappa shape index (κ1) is 19.7. The van der Waals surface area contributed by atoms with E-state index < -0.39 is 0 Å². The lowest BCUT2D eigenvalue weighted by Crippen LogP contribution is -2.29. The van der Waals surface area contributed by atoms with E-state index in [2.05, 4.69) is 24.8 Å². The van der Waals surface area contributed by atoms with Gasteiger partial charge in [-0.3, -0.25) is 19.6 Å². The first-order valence-corrected chi connectivity index (χ1v) is 9.94. The predicted molar refractivity (Wildman–Crippen MR) is 114 cm³/mol. The van der Waals surface area contributed by atoms with Crippen molar-refractivity contribution in [2.75, 3.05) is 13.1 Å². The second-order valence-corrected chi connectivity index (χ2v) is 6.97. The van der Waals surface area contributed by atoms with Crippen LogP contribution in [0.2, 0.25) is 0 Å². The average Bonchev–Trinajstić information content (AvgIpc) is 3.12. The molecule has 0 aliphatic heterocycles. The largest absolute Gasteiger partial charge is 0.349 e. The van der Waals surface area contributed by atoms with Crippen molar-refractivity contribution >= 4 is 28.0 Å². The molecule has 4 heterocycles. The van der Waals surface area contributed by atoms with Gasteiger partial charge in [0, 0.05) is 31.8 Å². The number of unbranched alkanes of at least 4 members (excludes halogenated alkanes) is 1. The van der Waals surface area contributed by atoms with Crippen molar-refractivity contribution in [2.45, 2.75) is 25.8 Å². The number of aromatic nitrogens is 5. The van der Waals surface area contributed by atoms with Crippen LogP contribution < -0.4 is 16.6 Å². The van der Waals surface area contributed by atoms with Gasteiger partial charge in [0.05, 0.1) is 17.2 Å². The summed E-state index contributed by atoms with van der Waals surface area (Å²) in [6.45, 7) is 1.53. The number of nitrogens with two attached hydrogens (primary N) is 1. The molecular weight excluding hydrogens is 382 g/mol. The third kappa shape index (κ3) is 4.06. The minimum atomic E-state index is -0.327. The maximum absolute atomic E-state index is 12.4. The van der Waals surface area contributed by atoms with Crippen LogP contribution in [0, 0.1) is 0 Å². The quantitative estimate of drug-likeness (QED) is 0.380. The Morgan fingerprint density at radius 1 is 1.13 bits per heavy atom. The van der Waals surface area contributed by atoms with Gasteiger partial charge in [-0.25, -0.2) is 4.98 Å². The van der Waals surface area contributed by atoms with Crippen LogP contribution in [0.3, 0.4) is 0 Å². The first-order chi connectivity index (χ1) is 14.7. The van der Waals surface area contributed by atoms with Crippen molar-refractivity contribution in [3.63, 3.8) is 0 Å². The van der Waals surface area contributed by atoms with Crippen molar-refractivity contribution in [1.29, 1.82) is 0 Å². The van der Waals surface area contributed by atoms with Crippen molar-refractivity contribution in [2.24, 2.45) is 5.73 Å². The molecule has 0 atom stereocenters. The van der Waals surface area contributed by atoms with Crippen LogP contribution in [0.5, 0.6) is 0 Å². The van der Waals surface area contributed by atoms with Gasteiger partial charge in [-0.15, -0.1) is 0 Å². The molecule has 0 bridgehead atoms. The highest BCUT2D eigenvalue weighted by Crippen LogP contribution is 2.23. The highest BCUT2D eigenvalue weighted by molar-refractivity contribution is 5.99. The molecule has 4 N–H and O–H groups in total. The second kappa shape index (κ2) is 8.83. The number of H-pyrrole nitrogens is 1. The summed E-state index contributed by atoms with van der Waals surface area (Å²) in [6, 6.07) is 8.27. The summed E-state index contributed by atoms with van der Waals surface area (Å²) in [5.41, 5.74) is 8.83. The number of carbonyl (C=O) groups is 1. The lowest BCUT2D eigenvalue weighted by molar-refractivity contribution is 0.0947. The molecule has 30 heavy (non-hydrogen) atoms. The Balaban J connectivity index is 1.61. The molecule has 4 rings (SSSR count). The Morgan fingerprint density at radius 2 is 2.03 bits per heavy atom. The SMILES string of the molecule is NCCCCc1nc2cnc3cccnc3c2n1CCNC(=O)c1cccc(=O)[nH]1. The molecule has 0 aliphatic carbocycles. The topological polar surface area (TPSA) is 132 Å². The van der Waals surface area contributed by atoms with Crippen molar-refractivity contribution < 1.29 is 4.79 Å². The number of amides is 1. The molecule has 0 saturated heterocycles. The molecule has 4 aromatic heterocycles. The molecule has 0 aliphatic rings. The molecule has 0 aromatic carbocycles. The van der Waals surface area contributed by atoms with Crippen LogP contribution in [0.4, 0.5) is 0 Å². The maximum Gasteiger partial charge on any atom is 0.267 e. The maximum atomic E-state index is 12.4. The summed E-state index contributed by atoms with van der Waals surface area (Å²) in [6.07, 6.45) is 6.12. The van der Waals surface area contributed by atoms with E-state index in [1.54, 1.807) is 24.5 Å². The first-order valence-electron chi connectivity index (χ1n) is 9.94. The number of carbonyl (C=O) groups excluding carboxylic acids is 1. The van der Waals surface area contributed by atoms with E-state index in [0.29, 0.717) is 19.6 Å². The Hall–Kier alpha value is -3.59. The van der Waals surface area contributed by atoms with Gasteiger partial charge in [0.2, 0.25) is 5.56 Å². The lowest BCUT2D eigenvalue weighted by Gasteiger charge is -2.11. The third-order valence-corrected chi connectivity index (χ3v) is 4.90. The monoisotopic (exact) mass is 405 g/mol. The molecule has 4 aromatic rings. The van der Waals surface area contributed by atoms with Gasteiger partial charge in [-0.2, -0.15) is 0 Å². The molecule has 9 heteroatoms. The van der Waals surface area contributed by atoms with Gasteiger partial charge in [0.25, 0.3) is 5.91 Å². The zero-order chi connectivity index (χ0) is 20.9. The van der Waals surface area contributed by atoms with Crippen LogP contribution in [-0.4, -0.2) is 43.5 Å². The third-order valence-electron chi connectivity index (χ3n) is 4.90. The molecular formula is C21H23N7O2. The molecule has 1 amide bonds. The van der Waals surface area contributed by atoms with E-state index in [1.165, 1.54) is 6.07 Å². The fourth-order valence-electron chi connectivity index (χ4n) is 3.49. The standard InChI is InChI=1S/C21H23N7O2/c22-9-2-1-7-17-26-16-13-25-14-6-4-10-23-19(14)20(16)28(17)12-11-24-21(30)15-5-3-8-18(29)27-15/h3-6,8,10,13H,1-2,7,9,11-12,22H2,(H,24,30)(H,27,29). The zero-order valence-electron chi connectivity index (χ0n) is 16.5. The minimum absolute atomic E-state index is 0.234.